The molecule has 0 aliphatic heterocycles. The van der Waals surface area contributed by atoms with Crippen LogP contribution in [0.5, 0.6) is 0 Å². The molecule has 0 spiro atoms. The lowest BCUT2D eigenvalue weighted by atomic mass is 9.86. The summed E-state index contributed by atoms with van der Waals surface area (Å²) in [6, 6.07) is 25.8. The highest BCUT2D eigenvalue weighted by Crippen LogP contribution is 2.37. The van der Waals surface area contributed by atoms with Crippen LogP contribution in [0.25, 0.3) is 10.8 Å². The number of benzene rings is 3. The second kappa shape index (κ2) is 6.76. The van der Waals surface area contributed by atoms with E-state index in [1.165, 1.54) is 21.9 Å². The van der Waals surface area contributed by atoms with Gasteiger partial charge in [-0.25, -0.2) is 0 Å². The van der Waals surface area contributed by atoms with E-state index >= 15 is 0 Å². The lowest BCUT2D eigenvalue weighted by Gasteiger charge is -2.26. The van der Waals surface area contributed by atoms with Crippen molar-refractivity contribution in [3.05, 3.63) is 83.9 Å². The normalized spacial score (nSPS) is 13.9. The third-order valence-corrected chi connectivity index (χ3v) is 4.39. The van der Waals surface area contributed by atoms with Crippen molar-refractivity contribution >= 4 is 10.8 Å². The molecule has 0 aromatic heterocycles. The first-order valence-corrected chi connectivity index (χ1v) is 7.90. The van der Waals surface area contributed by atoms with Crippen LogP contribution < -0.4 is 0 Å². The summed E-state index contributed by atoms with van der Waals surface area (Å²) in [6.45, 7) is 2.23. The Morgan fingerprint density at radius 1 is 0.773 bits per heavy atom. The van der Waals surface area contributed by atoms with Crippen LogP contribution in [0.1, 0.15) is 36.5 Å². The van der Waals surface area contributed by atoms with Gasteiger partial charge in [-0.15, -0.1) is 0 Å². The topological polar surface area (TPSA) is 9.23 Å². The van der Waals surface area contributed by atoms with Gasteiger partial charge in [-0.1, -0.05) is 79.7 Å². The molecule has 3 aromatic carbocycles. The largest absolute Gasteiger partial charge is 0.376 e. The Balaban J connectivity index is 2.00. The maximum Gasteiger partial charge on any atom is 0.0889 e. The van der Waals surface area contributed by atoms with Crippen molar-refractivity contribution in [3.63, 3.8) is 0 Å². The summed E-state index contributed by atoms with van der Waals surface area (Å²) in [5, 5.41) is 2.58. The van der Waals surface area contributed by atoms with Gasteiger partial charge in [0.1, 0.15) is 0 Å². The van der Waals surface area contributed by atoms with Crippen molar-refractivity contribution in [2.24, 2.45) is 0 Å². The van der Waals surface area contributed by atoms with Gasteiger partial charge in [-0.2, -0.15) is 0 Å². The molecule has 112 valence electrons. The Hall–Kier alpha value is -2.12. The summed E-state index contributed by atoms with van der Waals surface area (Å²) < 4.78 is 5.86. The first-order chi connectivity index (χ1) is 10.8. The van der Waals surface area contributed by atoms with E-state index in [1.807, 2.05) is 6.07 Å². The highest BCUT2D eigenvalue weighted by Gasteiger charge is 2.23. The van der Waals surface area contributed by atoms with Crippen molar-refractivity contribution in [2.45, 2.75) is 25.4 Å². The first kappa shape index (κ1) is 14.8. The van der Waals surface area contributed by atoms with Gasteiger partial charge in [0.25, 0.3) is 0 Å². The molecular formula is C21H22O. The minimum atomic E-state index is 0.0902. The van der Waals surface area contributed by atoms with Crippen molar-refractivity contribution < 1.29 is 4.74 Å². The number of hydrogen-bond donors (Lipinski definition) is 0. The first-order valence-electron chi connectivity index (χ1n) is 7.90. The average molecular weight is 290 g/mol. The molecule has 1 heteroatoms. The van der Waals surface area contributed by atoms with Crippen LogP contribution in [0.4, 0.5) is 0 Å². The molecular weight excluding hydrogens is 268 g/mol. The molecule has 0 amide bonds. The van der Waals surface area contributed by atoms with Crippen LogP contribution in [0.3, 0.4) is 0 Å². The SMILES string of the molecule is CCC(c1ccc2ccccc2c1)C(OC)c1ccccc1. The zero-order valence-corrected chi connectivity index (χ0v) is 13.2. The van der Waals surface area contributed by atoms with E-state index in [2.05, 4.69) is 73.7 Å². The average Bonchev–Trinajstić information content (AvgIpc) is 2.60. The second-order valence-electron chi connectivity index (χ2n) is 5.69. The molecule has 0 bridgehead atoms. The van der Waals surface area contributed by atoms with Crippen molar-refractivity contribution in [1.82, 2.24) is 0 Å². The fourth-order valence-corrected chi connectivity index (χ4v) is 3.24. The Bertz CT molecular complexity index is 733. The molecule has 3 rings (SSSR count). The van der Waals surface area contributed by atoms with Crippen LogP contribution in [-0.4, -0.2) is 7.11 Å². The molecule has 2 atom stereocenters. The summed E-state index contributed by atoms with van der Waals surface area (Å²) >= 11 is 0. The standard InChI is InChI=1S/C21H22O/c1-3-20(21(22-2)17-10-5-4-6-11-17)19-14-13-16-9-7-8-12-18(16)15-19/h4-15,20-21H,3H2,1-2H3. The Morgan fingerprint density at radius 2 is 1.45 bits per heavy atom. The van der Waals surface area contributed by atoms with Gasteiger partial charge in [0, 0.05) is 13.0 Å². The quantitative estimate of drug-likeness (QED) is 0.584. The fourth-order valence-electron chi connectivity index (χ4n) is 3.24. The van der Waals surface area contributed by atoms with Gasteiger partial charge in [0.05, 0.1) is 6.10 Å². The molecule has 1 nitrogen and oxygen atoms in total. The molecule has 0 fully saturated rings. The van der Waals surface area contributed by atoms with Crippen LogP contribution in [-0.2, 0) is 4.74 Å². The van der Waals surface area contributed by atoms with E-state index in [4.69, 9.17) is 4.74 Å². The van der Waals surface area contributed by atoms with E-state index in [0.29, 0.717) is 5.92 Å². The molecule has 2 unspecified atom stereocenters. The molecule has 0 heterocycles. The number of methoxy groups -OCH3 is 1. The number of fused-ring (bicyclic) bond motifs is 1. The van der Waals surface area contributed by atoms with E-state index in [0.717, 1.165) is 6.42 Å². The van der Waals surface area contributed by atoms with Crippen LogP contribution in [0.15, 0.2) is 72.8 Å². The van der Waals surface area contributed by atoms with E-state index in [9.17, 15) is 0 Å². The van der Waals surface area contributed by atoms with E-state index in [-0.39, 0.29) is 6.10 Å². The number of ether oxygens (including phenoxy) is 1. The Morgan fingerprint density at radius 3 is 2.14 bits per heavy atom. The Labute approximate surface area is 132 Å². The summed E-state index contributed by atoms with van der Waals surface area (Å²) in [6.07, 6.45) is 1.14. The maximum absolute atomic E-state index is 5.86. The van der Waals surface area contributed by atoms with Crippen molar-refractivity contribution in [2.75, 3.05) is 7.11 Å². The molecule has 3 aromatic rings. The van der Waals surface area contributed by atoms with Crippen LogP contribution in [0.2, 0.25) is 0 Å². The second-order valence-corrected chi connectivity index (χ2v) is 5.69. The van der Waals surface area contributed by atoms with Gasteiger partial charge in [0.2, 0.25) is 0 Å². The van der Waals surface area contributed by atoms with Gasteiger partial charge in [-0.05, 0) is 28.3 Å². The van der Waals surface area contributed by atoms with Crippen molar-refractivity contribution in [1.29, 1.82) is 0 Å². The predicted molar refractivity (Wildman–Crippen MR) is 93.2 cm³/mol. The zero-order valence-electron chi connectivity index (χ0n) is 13.2. The third kappa shape index (κ3) is 2.90. The molecule has 0 N–H and O–H groups in total. The monoisotopic (exact) mass is 290 g/mol. The zero-order chi connectivity index (χ0) is 15.4. The summed E-state index contributed by atoms with van der Waals surface area (Å²) in [7, 11) is 1.81. The minimum Gasteiger partial charge on any atom is -0.376 e. The van der Waals surface area contributed by atoms with Crippen LogP contribution in [0, 0.1) is 0 Å². The van der Waals surface area contributed by atoms with E-state index in [1.54, 1.807) is 7.11 Å². The summed E-state index contributed by atoms with van der Waals surface area (Å²) in [4.78, 5) is 0. The van der Waals surface area contributed by atoms with E-state index < -0.39 is 0 Å². The van der Waals surface area contributed by atoms with Gasteiger partial charge in [0.15, 0.2) is 0 Å². The third-order valence-electron chi connectivity index (χ3n) is 4.39. The molecule has 22 heavy (non-hydrogen) atoms. The lowest BCUT2D eigenvalue weighted by Crippen LogP contribution is -2.12. The number of hydrogen-bond acceptors (Lipinski definition) is 1. The van der Waals surface area contributed by atoms with Gasteiger partial charge >= 0.3 is 0 Å². The molecule has 0 radical (unpaired) electrons. The fraction of sp³-hybridized carbons (Fsp3) is 0.238. The smallest absolute Gasteiger partial charge is 0.0889 e. The van der Waals surface area contributed by atoms with Gasteiger partial charge < -0.3 is 4.74 Å². The summed E-state index contributed by atoms with van der Waals surface area (Å²) in [5.74, 6) is 0.358. The minimum absolute atomic E-state index is 0.0902. The van der Waals surface area contributed by atoms with Crippen molar-refractivity contribution in [3.8, 4) is 0 Å². The number of rotatable bonds is 5. The molecule has 0 saturated carbocycles. The summed E-state index contributed by atoms with van der Waals surface area (Å²) in [5.41, 5.74) is 2.59. The molecule has 0 aliphatic carbocycles. The van der Waals surface area contributed by atoms with Crippen LogP contribution >= 0.6 is 0 Å². The maximum atomic E-state index is 5.86. The van der Waals surface area contributed by atoms with Gasteiger partial charge in [-0.3, -0.25) is 0 Å². The lowest BCUT2D eigenvalue weighted by molar-refractivity contribution is 0.0772. The molecule has 0 aliphatic rings. The Kier molecular flexibility index (Phi) is 4.55. The highest BCUT2D eigenvalue weighted by molar-refractivity contribution is 5.83. The predicted octanol–water partition coefficient (Wildman–Crippen LogP) is 5.72. The highest BCUT2D eigenvalue weighted by atomic mass is 16.5. The molecule has 0 saturated heterocycles.